The lowest BCUT2D eigenvalue weighted by molar-refractivity contribution is 0.172. The van der Waals surface area contributed by atoms with Crippen LogP contribution in [0.5, 0.6) is 0 Å². The van der Waals surface area contributed by atoms with Crippen molar-refractivity contribution in [2.24, 2.45) is 5.92 Å². The molecule has 0 bridgehead atoms. The van der Waals surface area contributed by atoms with Gasteiger partial charge in [0.15, 0.2) is 0 Å². The molecule has 2 fully saturated rings. The Labute approximate surface area is 123 Å². The van der Waals surface area contributed by atoms with Crippen molar-refractivity contribution in [3.8, 4) is 0 Å². The summed E-state index contributed by atoms with van der Waals surface area (Å²) in [6.45, 7) is 4.89. The molecule has 1 aromatic carbocycles. The van der Waals surface area contributed by atoms with Crippen molar-refractivity contribution in [2.45, 2.75) is 44.6 Å². The van der Waals surface area contributed by atoms with E-state index in [1.54, 1.807) is 5.56 Å². The van der Waals surface area contributed by atoms with Crippen LogP contribution in [0.1, 0.15) is 49.1 Å². The van der Waals surface area contributed by atoms with Gasteiger partial charge in [0.2, 0.25) is 0 Å². The molecule has 2 aliphatic rings. The van der Waals surface area contributed by atoms with Crippen LogP contribution in [0.15, 0.2) is 24.3 Å². The minimum atomic E-state index is 0.877. The summed E-state index contributed by atoms with van der Waals surface area (Å²) in [6.07, 6.45) is 6.91. The molecule has 0 radical (unpaired) electrons. The van der Waals surface area contributed by atoms with Gasteiger partial charge in [0.05, 0.1) is 0 Å². The minimum absolute atomic E-state index is 0.877. The van der Waals surface area contributed by atoms with Gasteiger partial charge in [-0.25, -0.2) is 0 Å². The average Bonchev–Trinajstić information content (AvgIpc) is 3.32. The maximum Gasteiger partial charge on any atom is 0.0233 e. The van der Waals surface area contributed by atoms with Gasteiger partial charge in [0.25, 0.3) is 0 Å². The van der Waals surface area contributed by atoms with Crippen LogP contribution in [0, 0.1) is 5.92 Å². The van der Waals surface area contributed by atoms with Crippen molar-refractivity contribution < 1.29 is 0 Å². The third-order valence-electron chi connectivity index (χ3n) is 4.92. The molecule has 1 heterocycles. The molecular weight excluding hydrogens is 244 g/mol. The molecule has 1 aromatic rings. The number of nitrogens with one attached hydrogen (secondary N) is 1. The molecule has 0 aromatic heterocycles. The maximum absolute atomic E-state index is 3.28. The van der Waals surface area contributed by atoms with E-state index in [9.17, 15) is 0 Å². The highest BCUT2D eigenvalue weighted by molar-refractivity contribution is 5.29. The van der Waals surface area contributed by atoms with E-state index >= 15 is 0 Å². The van der Waals surface area contributed by atoms with Gasteiger partial charge in [0, 0.05) is 6.54 Å². The number of benzene rings is 1. The first-order valence-electron chi connectivity index (χ1n) is 8.31. The molecule has 0 spiro atoms. The summed E-state index contributed by atoms with van der Waals surface area (Å²) >= 11 is 0. The number of rotatable bonds is 6. The van der Waals surface area contributed by atoms with E-state index in [1.807, 2.05) is 0 Å². The molecule has 0 atom stereocenters. The lowest BCUT2D eigenvalue weighted by Gasteiger charge is -2.32. The highest BCUT2D eigenvalue weighted by Crippen LogP contribution is 2.40. The van der Waals surface area contributed by atoms with Gasteiger partial charge in [-0.3, -0.25) is 4.90 Å². The van der Waals surface area contributed by atoms with Crippen LogP contribution in [-0.2, 0) is 6.54 Å². The second-order valence-corrected chi connectivity index (χ2v) is 6.63. The molecule has 3 rings (SSSR count). The predicted octanol–water partition coefficient (Wildman–Crippen LogP) is 3.39. The van der Waals surface area contributed by atoms with E-state index in [1.165, 1.54) is 57.3 Å². The van der Waals surface area contributed by atoms with Gasteiger partial charge in [-0.1, -0.05) is 24.3 Å². The smallest absolute Gasteiger partial charge is 0.0233 e. The summed E-state index contributed by atoms with van der Waals surface area (Å²) in [6, 6.07) is 9.32. The topological polar surface area (TPSA) is 15.3 Å². The van der Waals surface area contributed by atoms with E-state index in [-0.39, 0.29) is 0 Å². The van der Waals surface area contributed by atoms with Gasteiger partial charge in [-0.2, -0.15) is 0 Å². The summed E-state index contributed by atoms with van der Waals surface area (Å²) in [4.78, 5) is 2.64. The molecule has 0 unspecified atom stereocenters. The van der Waals surface area contributed by atoms with Crippen LogP contribution >= 0.6 is 0 Å². The van der Waals surface area contributed by atoms with E-state index < -0.39 is 0 Å². The van der Waals surface area contributed by atoms with Gasteiger partial charge < -0.3 is 5.32 Å². The second-order valence-electron chi connectivity index (χ2n) is 6.63. The Morgan fingerprint density at radius 3 is 2.65 bits per heavy atom. The Kier molecular flexibility index (Phi) is 4.74. The number of likely N-dealkylation sites (tertiary alicyclic amines) is 1. The highest BCUT2D eigenvalue weighted by Gasteiger charge is 2.24. The van der Waals surface area contributed by atoms with Gasteiger partial charge in [0.1, 0.15) is 0 Å². The zero-order valence-corrected chi connectivity index (χ0v) is 12.8. The molecule has 2 nitrogen and oxygen atoms in total. The average molecular weight is 272 g/mol. The van der Waals surface area contributed by atoms with Gasteiger partial charge >= 0.3 is 0 Å². The molecule has 1 aliphatic carbocycles. The molecule has 1 saturated heterocycles. The van der Waals surface area contributed by atoms with Crippen LogP contribution in [0.3, 0.4) is 0 Å². The summed E-state index contributed by atoms with van der Waals surface area (Å²) in [5.74, 6) is 1.82. The van der Waals surface area contributed by atoms with Gasteiger partial charge in [-0.15, -0.1) is 0 Å². The number of hydrogen-bond acceptors (Lipinski definition) is 2. The number of piperidine rings is 1. The van der Waals surface area contributed by atoms with Crippen molar-refractivity contribution in [3.63, 3.8) is 0 Å². The Bertz CT molecular complexity index is 417. The quantitative estimate of drug-likeness (QED) is 0.854. The fraction of sp³-hybridized carbons (Fsp3) is 0.667. The Balaban J connectivity index is 1.48. The Hall–Kier alpha value is -0.860. The fourth-order valence-corrected chi connectivity index (χ4v) is 3.40. The summed E-state index contributed by atoms with van der Waals surface area (Å²) in [5.41, 5.74) is 3.09. The zero-order valence-electron chi connectivity index (χ0n) is 12.8. The Morgan fingerprint density at radius 1 is 1.15 bits per heavy atom. The lowest BCUT2D eigenvalue weighted by Crippen LogP contribution is -2.34. The Morgan fingerprint density at radius 2 is 1.95 bits per heavy atom. The minimum Gasteiger partial charge on any atom is -0.320 e. The maximum atomic E-state index is 3.28. The SMILES string of the molecule is CNCCC1CCN(Cc2cccc(C3CC3)c2)CC1. The summed E-state index contributed by atoms with van der Waals surface area (Å²) < 4.78 is 0. The third kappa shape index (κ3) is 3.83. The first-order valence-corrected chi connectivity index (χ1v) is 8.31. The molecule has 1 aliphatic heterocycles. The van der Waals surface area contributed by atoms with Crippen LogP contribution in [0.25, 0.3) is 0 Å². The molecular formula is C18H28N2. The normalized spacial score (nSPS) is 21.2. The largest absolute Gasteiger partial charge is 0.320 e. The summed E-state index contributed by atoms with van der Waals surface area (Å²) in [7, 11) is 2.06. The van der Waals surface area contributed by atoms with E-state index in [2.05, 4.69) is 41.5 Å². The lowest BCUT2D eigenvalue weighted by atomic mass is 9.93. The molecule has 110 valence electrons. The van der Waals surface area contributed by atoms with Crippen molar-refractivity contribution in [3.05, 3.63) is 35.4 Å². The van der Waals surface area contributed by atoms with Crippen molar-refractivity contribution in [1.82, 2.24) is 10.2 Å². The highest BCUT2D eigenvalue weighted by atomic mass is 15.1. The third-order valence-corrected chi connectivity index (χ3v) is 4.92. The molecule has 0 amide bonds. The summed E-state index contributed by atoms with van der Waals surface area (Å²) in [5, 5.41) is 3.28. The van der Waals surface area contributed by atoms with Crippen molar-refractivity contribution >= 4 is 0 Å². The van der Waals surface area contributed by atoms with Crippen molar-refractivity contribution in [1.29, 1.82) is 0 Å². The number of nitrogens with zero attached hydrogens (tertiary/aromatic N) is 1. The predicted molar refractivity (Wildman–Crippen MR) is 85.0 cm³/mol. The fourth-order valence-electron chi connectivity index (χ4n) is 3.40. The van der Waals surface area contributed by atoms with E-state index in [0.717, 1.165) is 18.4 Å². The zero-order chi connectivity index (χ0) is 13.8. The standard InChI is InChI=1S/C18H28N2/c1-19-10-7-15-8-11-20(12-9-15)14-16-3-2-4-18(13-16)17-5-6-17/h2-4,13,15,17,19H,5-12,14H2,1H3. The number of hydrogen-bond donors (Lipinski definition) is 1. The van der Waals surface area contributed by atoms with Crippen LogP contribution in [-0.4, -0.2) is 31.6 Å². The van der Waals surface area contributed by atoms with E-state index in [4.69, 9.17) is 0 Å². The van der Waals surface area contributed by atoms with Crippen molar-refractivity contribution in [2.75, 3.05) is 26.7 Å². The molecule has 1 N–H and O–H groups in total. The molecule has 2 heteroatoms. The van der Waals surface area contributed by atoms with E-state index in [0.29, 0.717) is 0 Å². The first-order chi connectivity index (χ1) is 9.85. The second kappa shape index (κ2) is 6.73. The van der Waals surface area contributed by atoms with Crippen LogP contribution in [0.2, 0.25) is 0 Å². The molecule has 1 saturated carbocycles. The first kappa shape index (κ1) is 14.1. The van der Waals surface area contributed by atoms with Gasteiger partial charge in [-0.05, 0) is 81.7 Å². The van der Waals surface area contributed by atoms with Crippen LogP contribution in [0.4, 0.5) is 0 Å². The monoisotopic (exact) mass is 272 g/mol. The molecule has 20 heavy (non-hydrogen) atoms. The van der Waals surface area contributed by atoms with Crippen LogP contribution < -0.4 is 5.32 Å².